The highest BCUT2D eigenvalue weighted by molar-refractivity contribution is 6.34. The first-order valence-corrected chi connectivity index (χ1v) is 5.56. The molecule has 18 heavy (non-hydrogen) atoms. The molecule has 1 aliphatic heterocycles. The van der Waals surface area contributed by atoms with Gasteiger partial charge in [0.25, 0.3) is 0 Å². The predicted octanol–water partition coefficient (Wildman–Crippen LogP) is 0.945. The van der Waals surface area contributed by atoms with E-state index in [0.717, 1.165) is 0 Å². The minimum absolute atomic E-state index is 0.213. The molecule has 2 rings (SSSR count). The van der Waals surface area contributed by atoms with Crippen molar-refractivity contribution in [3.63, 3.8) is 0 Å². The van der Waals surface area contributed by atoms with E-state index in [4.69, 9.17) is 11.6 Å². The lowest BCUT2D eigenvalue weighted by Gasteiger charge is -2.13. The zero-order valence-corrected chi connectivity index (χ0v) is 10.2. The number of nitrogens with one attached hydrogen (secondary N) is 2. The summed E-state index contributed by atoms with van der Waals surface area (Å²) in [7, 11) is 0. The van der Waals surface area contributed by atoms with Crippen LogP contribution in [0.4, 0.5) is 17.1 Å². The molecule has 0 saturated carbocycles. The van der Waals surface area contributed by atoms with E-state index in [-0.39, 0.29) is 22.3 Å². The van der Waals surface area contributed by atoms with Gasteiger partial charge in [0.2, 0.25) is 5.91 Å². The highest BCUT2D eigenvalue weighted by Gasteiger charge is 2.19. The fraction of sp³-hybridized carbons (Fsp3) is 0.182. The van der Waals surface area contributed by atoms with Crippen molar-refractivity contribution in [2.75, 3.05) is 5.32 Å². The molecule has 1 unspecified atom stereocenters. The number of amides is 1. The summed E-state index contributed by atoms with van der Waals surface area (Å²) in [6.45, 7) is 1.33. The number of halogens is 1. The van der Waals surface area contributed by atoms with Gasteiger partial charge in [0.15, 0.2) is 12.0 Å². The number of hydrogen-bond donors (Lipinski definition) is 2. The van der Waals surface area contributed by atoms with Crippen molar-refractivity contribution in [3.8, 4) is 0 Å². The van der Waals surface area contributed by atoms with Crippen LogP contribution in [0.25, 0.3) is 0 Å². The SMILES string of the molecule is CC(=O)CC(=O)Nc1cc2c(cc1Cl)[NH+]([O-])C=N2. The smallest absolute Gasteiger partial charge is 0.231 e. The molecule has 0 bridgehead atoms. The van der Waals surface area contributed by atoms with Gasteiger partial charge in [0.05, 0.1) is 17.1 Å². The van der Waals surface area contributed by atoms with Crippen LogP contribution in [0, 0.1) is 5.21 Å². The number of Topliss-reactive ketones (excluding diaryl/α,β-unsaturated/α-hetero) is 1. The van der Waals surface area contributed by atoms with E-state index in [1.54, 1.807) is 0 Å². The minimum atomic E-state index is -0.447. The van der Waals surface area contributed by atoms with Crippen LogP contribution in [0.15, 0.2) is 17.1 Å². The second kappa shape index (κ2) is 4.85. The van der Waals surface area contributed by atoms with Gasteiger partial charge in [0, 0.05) is 6.07 Å². The number of hydrogen-bond acceptors (Lipinski definition) is 4. The number of carbonyl (C=O) groups excluding carboxylic acids is 2. The van der Waals surface area contributed by atoms with Gasteiger partial charge in [-0.25, -0.2) is 0 Å². The van der Waals surface area contributed by atoms with Crippen LogP contribution in [0.1, 0.15) is 13.3 Å². The molecule has 1 aliphatic rings. The number of fused-ring (bicyclic) bond motifs is 1. The second-order valence-corrected chi connectivity index (χ2v) is 4.31. The lowest BCUT2D eigenvalue weighted by molar-refractivity contribution is -0.655. The van der Waals surface area contributed by atoms with E-state index in [1.165, 1.54) is 25.4 Å². The Morgan fingerprint density at radius 1 is 1.50 bits per heavy atom. The monoisotopic (exact) mass is 267 g/mol. The standard InChI is InChI=1S/C11H10ClN3O3/c1-6(16)2-11(17)14-8-4-9-10(3-7(8)12)15(18)5-13-9/h3-5,15H,2H2,1H3,(H,14,17). The first-order chi connectivity index (χ1) is 8.47. The molecule has 1 aromatic carbocycles. The Bertz CT molecular complexity index is 557. The average molecular weight is 268 g/mol. The van der Waals surface area contributed by atoms with Gasteiger partial charge in [-0.15, -0.1) is 0 Å². The number of nitrogens with zero attached hydrogens (tertiary/aromatic N) is 1. The van der Waals surface area contributed by atoms with Crippen LogP contribution in [0.5, 0.6) is 0 Å². The molecular weight excluding hydrogens is 258 g/mol. The van der Waals surface area contributed by atoms with Crippen LogP contribution in [0.2, 0.25) is 5.02 Å². The summed E-state index contributed by atoms with van der Waals surface area (Å²) in [4.78, 5) is 26.1. The van der Waals surface area contributed by atoms with E-state index in [0.29, 0.717) is 17.1 Å². The van der Waals surface area contributed by atoms with Crippen LogP contribution in [0.3, 0.4) is 0 Å². The van der Waals surface area contributed by atoms with E-state index >= 15 is 0 Å². The molecule has 0 aromatic heterocycles. The molecule has 2 N–H and O–H groups in total. The quantitative estimate of drug-likeness (QED) is 0.631. The minimum Gasteiger partial charge on any atom is -0.623 e. The molecule has 0 fully saturated rings. The molecule has 0 radical (unpaired) electrons. The first-order valence-electron chi connectivity index (χ1n) is 5.18. The van der Waals surface area contributed by atoms with Crippen molar-refractivity contribution in [1.82, 2.24) is 0 Å². The van der Waals surface area contributed by atoms with Gasteiger partial charge in [-0.05, 0) is 13.0 Å². The summed E-state index contributed by atoms with van der Waals surface area (Å²) in [5.74, 6) is -0.685. The van der Waals surface area contributed by atoms with E-state index in [9.17, 15) is 14.8 Å². The third kappa shape index (κ3) is 2.56. The van der Waals surface area contributed by atoms with Crippen LogP contribution in [-0.2, 0) is 9.59 Å². The zero-order chi connectivity index (χ0) is 13.3. The topological polar surface area (TPSA) is 86.0 Å². The summed E-state index contributed by atoms with van der Waals surface area (Å²) in [5, 5.41) is 13.9. The van der Waals surface area contributed by atoms with Crippen LogP contribution >= 0.6 is 11.6 Å². The number of benzene rings is 1. The summed E-state index contributed by atoms with van der Waals surface area (Å²) in [6, 6.07) is 2.96. The third-order valence-corrected chi connectivity index (χ3v) is 2.67. The Labute approximate surface area is 108 Å². The van der Waals surface area contributed by atoms with Crippen molar-refractivity contribution in [2.24, 2.45) is 4.99 Å². The van der Waals surface area contributed by atoms with Gasteiger partial charge in [0.1, 0.15) is 11.5 Å². The maximum absolute atomic E-state index is 11.4. The molecule has 1 amide bonds. The Morgan fingerprint density at radius 2 is 2.22 bits per heavy atom. The summed E-state index contributed by atoms with van der Waals surface area (Å²) in [5.41, 5.74) is 1.21. The number of anilines is 1. The molecule has 0 saturated heterocycles. The summed E-state index contributed by atoms with van der Waals surface area (Å²) >= 11 is 5.95. The molecule has 0 aliphatic carbocycles. The fourth-order valence-corrected chi connectivity index (χ4v) is 1.79. The predicted molar refractivity (Wildman–Crippen MR) is 67.5 cm³/mol. The molecule has 0 spiro atoms. The van der Waals surface area contributed by atoms with Crippen molar-refractivity contribution in [3.05, 3.63) is 22.4 Å². The Morgan fingerprint density at radius 3 is 2.89 bits per heavy atom. The molecule has 94 valence electrons. The van der Waals surface area contributed by atoms with E-state index in [2.05, 4.69) is 10.3 Å². The zero-order valence-electron chi connectivity index (χ0n) is 9.49. The van der Waals surface area contributed by atoms with E-state index < -0.39 is 5.91 Å². The number of ketones is 1. The van der Waals surface area contributed by atoms with E-state index in [1.807, 2.05) is 0 Å². The van der Waals surface area contributed by atoms with Crippen molar-refractivity contribution in [2.45, 2.75) is 13.3 Å². The summed E-state index contributed by atoms with van der Waals surface area (Å²) < 4.78 is 0. The molecule has 7 heteroatoms. The van der Waals surface area contributed by atoms with Gasteiger partial charge >= 0.3 is 0 Å². The normalized spacial score (nSPS) is 16.5. The Kier molecular flexibility index (Phi) is 3.42. The molecule has 1 aromatic rings. The van der Waals surface area contributed by atoms with Crippen molar-refractivity contribution < 1.29 is 14.7 Å². The van der Waals surface area contributed by atoms with Crippen LogP contribution in [-0.4, -0.2) is 18.0 Å². The lowest BCUT2D eigenvalue weighted by atomic mass is 10.2. The molecule has 6 nitrogen and oxygen atoms in total. The van der Waals surface area contributed by atoms with Gasteiger partial charge in [-0.1, -0.05) is 11.6 Å². The number of hydroxylamine groups is 1. The first kappa shape index (κ1) is 12.7. The van der Waals surface area contributed by atoms with Gasteiger partial charge < -0.3 is 10.5 Å². The number of quaternary nitrogens is 1. The maximum Gasteiger partial charge on any atom is 0.231 e. The average Bonchev–Trinajstić information content (AvgIpc) is 2.60. The van der Waals surface area contributed by atoms with Crippen molar-refractivity contribution >= 4 is 46.7 Å². The molecular formula is C11H10ClN3O3. The molecule has 1 atom stereocenters. The number of rotatable bonds is 3. The largest absolute Gasteiger partial charge is 0.623 e. The Balaban J connectivity index is 2.22. The maximum atomic E-state index is 11.4. The van der Waals surface area contributed by atoms with Gasteiger partial charge in [-0.3, -0.25) is 14.7 Å². The lowest BCUT2D eigenvalue weighted by Crippen LogP contribution is -2.99. The summed E-state index contributed by atoms with van der Waals surface area (Å²) in [6.07, 6.45) is 0.984. The van der Waals surface area contributed by atoms with Crippen LogP contribution < -0.4 is 10.4 Å². The highest BCUT2D eigenvalue weighted by atomic mass is 35.5. The number of aliphatic imine (C=N–C) groups is 1. The third-order valence-electron chi connectivity index (χ3n) is 2.36. The van der Waals surface area contributed by atoms with Crippen molar-refractivity contribution in [1.29, 1.82) is 0 Å². The fourth-order valence-electron chi connectivity index (χ4n) is 1.58. The van der Waals surface area contributed by atoms with Gasteiger partial charge in [-0.2, -0.15) is 4.99 Å². The Hall–Kier alpha value is -1.76. The number of carbonyl (C=O) groups is 2. The second-order valence-electron chi connectivity index (χ2n) is 3.90. The molecule has 1 heterocycles. The highest BCUT2D eigenvalue weighted by Crippen LogP contribution is 2.34.